The van der Waals surface area contributed by atoms with Crippen LogP contribution in [0.1, 0.15) is 18.1 Å². The van der Waals surface area contributed by atoms with E-state index in [0.717, 1.165) is 13.2 Å². The average molecular weight is 332 g/mol. The summed E-state index contributed by atoms with van der Waals surface area (Å²) in [4.78, 5) is -1.02. The smallest absolute Gasteiger partial charge is 0.313 e. The first-order chi connectivity index (χ1) is 9.13. The largest absolute Gasteiger partial charge is 0.417 e. The highest BCUT2D eigenvalue weighted by Gasteiger charge is 2.39. The van der Waals surface area contributed by atoms with E-state index in [1.54, 1.807) is 0 Å². The van der Waals surface area contributed by atoms with Crippen LogP contribution in [-0.4, -0.2) is 15.5 Å². The van der Waals surface area contributed by atoms with Crippen LogP contribution in [0, 0.1) is 0 Å². The molecule has 5 nitrogen and oxygen atoms in total. The molecule has 20 heavy (non-hydrogen) atoms. The minimum atomic E-state index is -4.88. The van der Waals surface area contributed by atoms with Gasteiger partial charge < -0.3 is 4.52 Å². The van der Waals surface area contributed by atoms with E-state index in [0.29, 0.717) is 6.07 Å². The summed E-state index contributed by atoms with van der Waals surface area (Å²) >= 11 is 0. The lowest BCUT2D eigenvalue weighted by Gasteiger charge is -2.15. The van der Waals surface area contributed by atoms with Gasteiger partial charge in [-0.2, -0.15) is 25.6 Å². The molecule has 0 aliphatic rings. The molecule has 1 unspecified atom stereocenters. The Kier molecular flexibility index (Phi) is 5.37. The molecule has 0 aliphatic carbocycles. The number of rotatable bonds is 5. The molecule has 0 spiro atoms. The van der Waals surface area contributed by atoms with Crippen molar-refractivity contribution in [3.8, 4) is 0 Å². The van der Waals surface area contributed by atoms with Crippen LogP contribution in [0.5, 0.6) is 0 Å². The first-order valence-electron chi connectivity index (χ1n) is 5.35. The Bertz CT molecular complexity index is 612. The Morgan fingerprint density at radius 1 is 1.30 bits per heavy atom. The lowest BCUT2D eigenvalue weighted by molar-refractivity contribution is -0.140. The summed E-state index contributed by atoms with van der Waals surface area (Å²) in [6.07, 6.45) is -4.84. The zero-order chi connectivity index (χ0) is 15.6. The fourth-order valence-electron chi connectivity index (χ4n) is 1.55. The van der Waals surface area contributed by atoms with Gasteiger partial charge in [0.15, 0.2) is 0 Å². The van der Waals surface area contributed by atoms with Gasteiger partial charge in [-0.25, -0.2) is 0 Å². The van der Waals surface area contributed by atoms with Crippen molar-refractivity contribution in [2.45, 2.75) is 24.4 Å². The molecule has 1 aromatic carbocycles. The van der Waals surface area contributed by atoms with E-state index in [9.17, 15) is 26.2 Å². The number of hydrogen-bond donors (Lipinski definition) is 0. The zero-order valence-corrected chi connectivity index (χ0v) is 12.3. The Balaban J connectivity index is 3.53. The third kappa shape index (κ3) is 3.82. The van der Waals surface area contributed by atoms with Gasteiger partial charge in [0.05, 0.1) is 5.56 Å². The van der Waals surface area contributed by atoms with Crippen molar-refractivity contribution in [1.29, 1.82) is 0 Å². The van der Waals surface area contributed by atoms with Gasteiger partial charge in [0.25, 0.3) is 0 Å². The molecule has 0 bridgehead atoms. The molecule has 1 rings (SSSR count). The number of halogens is 3. The van der Waals surface area contributed by atoms with Crippen LogP contribution < -0.4 is 0 Å². The molecule has 10 heteroatoms. The second kappa shape index (κ2) is 6.26. The quantitative estimate of drug-likeness (QED) is 0.775. The lowest BCUT2D eigenvalue weighted by atomic mass is 10.1. The number of alkyl halides is 3. The number of benzene rings is 1. The van der Waals surface area contributed by atoms with Crippen molar-refractivity contribution in [3.05, 3.63) is 29.3 Å². The van der Waals surface area contributed by atoms with Crippen LogP contribution in [0.2, 0.25) is 0 Å². The number of aryl methyl sites for hydroxylation is 1. The van der Waals surface area contributed by atoms with E-state index in [1.165, 1.54) is 13.0 Å². The molecular formula is C10H12F3O5PS. The summed E-state index contributed by atoms with van der Waals surface area (Å²) in [6.45, 7) is 1.49. The molecule has 1 aromatic rings. The van der Waals surface area contributed by atoms with Crippen molar-refractivity contribution in [3.63, 3.8) is 0 Å². The van der Waals surface area contributed by atoms with Crippen LogP contribution in [-0.2, 0) is 35.8 Å². The molecular weight excluding hydrogens is 320 g/mol. The number of hydrogen-bond acceptors (Lipinski definition) is 5. The maximum Gasteiger partial charge on any atom is 0.417 e. The van der Waals surface area contributed by atoms with Crippen molar-refractivity contribution in [2.24, 2.45) is 0 Å². The molecule has 0 heterocycles. The summed E-state index contributed by atoms with van der Waals surface area (Å²) in [6, 6.07) is 2.95. The second-order valence-corrected chi connectivity index (χ2v) is 6.53. The lowest BCUT2D eigenvalue weighted by Crippen LogP contribution is -2.16. The van der Waals surface area contributed by atoms with Crippen LogP contribution >= 0.6 is 8.25 Å². The molecule has 0 aliphatic heterocycles. The summed E-state index contributed by atoms with van der Waals surface area (Å²) < 4.78 is 81.8. The topological polar surface area (TPSA) is 69.7 Å². The van der Waals surface area contributed by atoms with Crippen molar-refractivity contribution in [1.82, 2.24) is 0 Å². The summed E-state index contributed by atoms with van der Waals surface area (Å²) in [5, 5.41) is 0. The third-order valence-electron chi connectivity index (χ3n) is 2.38. The van der Waals surface area contributed by atoms with Gasteiger partial charge in [0.1, 0.15) is 4.90 Å². The summed E-state index contributed by atoms with van der Waals surface area (Å²) in [7, 11) is -7.34. The third-order valence-corrected chi connectivity index (χ3v) is 5.11. The molecule has 0 aromatic heterocycles. The van der Waals surface area contributed by atoms with E-state index in [-0.39, 0.29) is 12.0 Å². The van der Waals surface area contributed by atoms with Crippen LogP contribution in [0.15, 0.2) is 23.1 Å². The van der Waals surface area contributed by atoms with Gasteiger partial charge in [0.2, 0.25) is 0 Å². The predicted molar refractivity (Wildman–Crippen MR) is 65.1 cm³/mol. The zero-order valence-electron chi connectivity index (χ0n) is 10.5. The second-order valence-electron chi connectivity index (χ2n) is 3.64. The fraction of sp³-hybridized carbons (Fsp3) is 0.400. The van der Waals surface area contributed by atoms with Gasteiger partial charge in [0, 0.05) is 7.11 Å². The molecule has 0 amide bonds. The van der Waals surface area contributed by atoms with E-state index in [1.807, 2.05) is 0 Å². The highest BCUT2D eigenvalue weighted by Crippen LogP contribution is 2.39. The Morgan fingerprint density at radius 3 is 2.35 bits per heavy atom. The Labute approximate surface area is 114 Å². The van der Waals surface area contributed by atoms with Crippen molar-refractivity contribution >= 4 is 18.4 Å². The van der Waals surface area contributed by atoms with Gasteiger partial charge in [-0.15, -0.1) is 0 Å². The Morgan fingerprint density at radius 2 is 1.90 bits per heavy atom. The van der Waals surface area contributed by atoms with Crippen molar-refractivity contribution < 1.29 is 34.6 Å². The van der Waals surface area contributed by atoms with Crippen LogP contribution in [0.3, 0.4) is 0 Å². The molecule has 0 saturated heterocycles. The fourth-order valence-corrected chi connectivity index (χ4v) is 3.86. The molecule has 1 atom stereocenters. The van der Waals surface area contributed by atoms with E-state index in [2.05, 4.69) is 8.49 Å². The maximum absolute atomic E-state index is 12.9. The SMILES string of the molecule is CCc1cccc(C(F)(F)F)c1S(=O)(=O)O[PH](=O)OC. The minimum absolute atomic E-state index is 0.0375. The molecule has 0 fully saturated rings. The highest BCUT2D eigenvalue weighted by molar-refractivity contribution is 7.89. The van der Waals surface area contributed by atoms with E-state index in [4.69, 9.17) is 0 Å². The Hall–Kier alpha value is -0.890. The molecule has 0 radical (unpaired) electrons. The summed E-state index contributed by atoms with van der Waals surface area (Å²) in [5.41, 5.74) is -1.44. The van der Waals surface area contributed by atoms with E-state index < -0.39 is 35.0 Å². The standard InChI is InChI=1S/C10H12F3O5PS/c1-3-7-5-4-6-8(10(11,12)13)9(7)20(15,16)18-19(14)17-2/h4-6,19H,3H2,1-2H3. The highest BCUT2D eigenvalue weighted by atomic mass is 32.2. The first kappa shape index (κ1) is 17.2. The minimum Gasteiger partial charge on any atom is -0.313 e. The average Bonchev–Trinajstić information content (AvgIpc) is 2.36. The van der Waals surface area contributed by atoms with E-state index >= 15 is 0 Å². The monoisotopic (exact) mass is 332 g/mol. The maximum atomic E-state index is 12.9. The molecule has 114 valence electrons. The van der Waals surface area contributed by atoms with Gasteiger partial charge in [-0.3, -0.25) is 4.57 Å². The molecule has 0 N–H and O–H groups in total. The normalized spacial score (nSPS) is 14.2. The van der Waals surface area contributed by atoms with Gasteiger partial charge in [-0.05, 0) is 18.1 Å². The van der Waals surface area contributed by atoms with Crippen LogP contribution in [0.4, 0.5) is 13.2 Å². The van der Waals surface area contributed by atoms with Crippen molar-refractivity contribution in [2.75, 3.05) is 7.11 Å². The predicted octanol–water partition coefficient (Wildman–Crippen LogP) is 3.01. The van der Waals surface area contributed by atoms with Gasteiger partial charge >= 0.3 is 24.5 Å². The first-order valence-corrected chi connectivity index (χ1v) is 7.98. The van der Waals surface area contributed by atoms with Crippen LogP contribution in [0.25, 0.3) is 0 Å². The van der Waals surface area contributed by atoms with Gasteiger partial charge in [-0.1, -0.05) is 19.1 Å². The molecule has 0 saturated carbocycles. The summed E-state index contributed by atoms with van der Waals surface area (Å²) in [5.74, 6) is 0.